The molecule has 1 aliphatic rings. The number of rotatable bonds is 5. The van der Waals surface area contributed by atoms with Gasteiger partial charge >= 0.3 is 0 Å². The van der Waals surface area contributed by atoms with E-state index in [-0.39, 0.29) is 23.5 Å². The maximum atomic E-state index is 12.4. The van der Waals surface area contributed by atoms with Gasteiger partial charge in [-0.1, -0.05) is 11.8 Å². The standard InChI is InChI=1S/C16H20N6O2S/c1-21-15(11-4-6-18-7-5-11)19-20-16(21)25-10-13(23)22-8-2-3-12(9-22)14(17)24/h4-7,12H,2-3,8-10H2,1H3,(H2,17,24)/t12-/m0/s1. The van der Waals surface area contributed by atoms with Crippen LogP contribution in [0.25, 0.3) is 11.4 Å². The van der Waals surface area contributed by atoms with E-state index in [2.05, 4.69) is 15.2 Å². The maximum absolute atomic E-state index is 12.4. The third-order valence-corrected chi connectivity index (χ3v) is 5.28. The lowest BCUT2D eigenvalue weighted by Gasteiger charge is -2.31. The zero-order valence-corrected chi connectivity index (χ0v) is 14.8. The fourth-order valence-electron chi connectivity index (χ4n) is 2.85. The average molecular weight is 360 g/mol. The van der Waals surface area contributed by atoms with Crippen molar-refractivity contribution in [2.45, 2.75) is 18.0 Å². The van der Waals surface area contributed by atoms with E-state index >= 15 is 0 Å². The number of nitrogens with two attached hydrogens (primary N) is 1. The van der Waals surface area contributed by atoms with Gasteiger partial charge in [0.2, 0.25) is 11.8 Å². The van der Waals surface area contributed by atoms with Crippen LogP contribution in [0, 0.1) is 5.92 Å². The first-order chi connectivity index (χ1) is 12.1. The fraction of sp³-hybridized carbons (Fsp3) is 0.438. The molecular weight excluding hydrogens is 340 g/mol. The molecule has 2 amide bonds. The van der Waals surface area contributed by atoms with Crippen molar-refractivity contribution in [3.8, 4) is 11.4 Å². The Balaban J connectivity index is 1.61. The lowest BCUT2D eigenvalue weighted by atomic mass is 9.97. The molecule has 0 spiro atoms. The van der Waals surface area contributed by atoms with E-state index in [1.54, 1.807) is 17.3 Å². The summed E-state index contributed by atoms with van der Waals surface area (Å²) in [4.78, 5) is 29.5. The van der Waals surface area contributed by atoms with Crippen molar-refractivity contribution in [1.82, 2.24) is 24.6 Å². The minimum absolute atomic E-state index is 0.00980. The third-order valence-electron chi connectivity index (χ3n) is 4.27. The zero-order valence-electron chi connectivity index (χ0n) is 14.0. The van der Waals surface area contributed by atoms with Crippen molar-refractivity contribution < 1.29 is 9.59 Å². The fourth-order valence-corrected chi connectivity index (χ4v) is 3.66. The summed E-state index contributed by atoms with van der Waals surface area (Å²) in [5.74, 6) is 0.401. The highest BCUT2D eigenvalue weighted by molar-refractivity contribution is 7.99. The largest absolute Gasteiger partial charge is 0.369 e. The van der Waals surface area contributed by atoms with E-state index in [4.69, 9.17) is 5.73 Å². The number of carbonyl (C=O) groups is 2. The molecule has 8 nitrogen and oxygen atoms in total. The number of primary amides is 1. The highest BCUT2D eigenvalue weighted by atomic mass is 32.2. The van der Waals surface area contributed by atoms with Crippen molar-refractivity contribution in [2.24, 2.45) is 18.7 Å². The summed E-state index contributed by atoms with van der Waals surface area (Å²) in [5, 5.41) is 9.02. The lowest BCUT2D eigenvalue weighted by molar-refractivity contribution is -0.132. The number of carbonyl (C=O) groups excluding carboxylic acids is 2. The molecule has 0 bridgehead atoms. The van der Waals surface area contributed by atoms with Crippen LogP contribution in [0.1, 0.15) is 12.8 Å². The van der Waals surface area contributed by atoms with Crippen LogP contribution in [0.2, 0.25) is 0 Å². The molecule has 1 aliphatic heterocycles. The van der Waals surface area contributed by atoms with Crippen LogP contribution < -0.4 is 5.73 Å². The molecule has 0 aromatic carbocycles. The summed E-state index contributed by atoms with van der Waals surface area (Å²) in [6.45, 7) is 1.08. The molecule has 0 radical (unpaired) electrons. The topological polar surface area (TPSA) is 107 Å². The predicted molar refractivity (Wildman–Crippen MR) is 93.5 cm³/mol. The summed E-state index contributed by atoms with van der Waals surface area (Å²) in [6.07, 6.45) is 4.96. The van der Waals surface area contributed by atoms with Crippen molar-refractivity contribution >= 4 is 23.6 Å². The van der Waals surface area contributed by atoms with Gasteiger partial charge in [0.15, 0.2) is 11.0 Å². The van der Waals surface area contributed by atoms with Gasteiger partial charge in [-0.25, -0.2) is 0 Å². The van der Waals surface area contributed by atoms with Gasteiger partial charge in [-0.15, -0.1) is 10.2 Å². The van der Waals surface area contributed by atoms with Crippen LogP contribution >= 0.6 is 11.8 Å². The summed E-state index contributed by atoms with van der Waals surface area (Å²) >= 11 is 1.34. The van der Waals surface area contributed by atoms with Crippen molar-refractivity contribution in [2.75, 3.05) is 18.8 Å². The molecule has 3 heterocycles. The van der Waals surface area contributed by atoms with Gasteiger partial charge in [-0.05, 0) is 25.0 Å². The number of thioether (sulfide) groups is 1. The van der Waals surface area contributed by atoms with Crippen molar-refractivity contribution in [3.63, 3.8) is 0 Å². The van der Waals surface area contributed by atoms with Crippen LogP contribution in [-0.2, 0) is 16.6 Å². The molecule has 2 N–H and O–H groups in total. The van der Waals surface area contributed by atoms with E-state index in [0.717, 1.165) is 24.2 Å². The Bertz CT molecular complexity index is 763. The SMILES string of the molecule is Cn1c(SCC(=O)N2CCC[C@H](C(N)=O)C2)nnc1-c1ccncc1. The summed E-state index contributed by atoms with van der Waals surface area (Å²) < 4.78 is 1.86. The molecular formula is C16H20N6O2S. The van der Waals surface area contributed by atoms with Gasteiger partial charge in [0.25, 0.3) is 0 Å². The molecule has 132 valence electrons. The van der Waals surface area contributed by atoms with Crippen LogP contribution in [0.4, 0.5) is 0 Å². The molecule has 3 rings (SSSR count). The second-order valence-corrected chi connectivity index (χ2v) is 6.91. The van der Waals surface area contributed by atoms with Crippen LogP contribution in [0.15, 0.2) is 29.7 Å². The van der Waals surface area contributed by atoms with Crippen molar-refractivity contribution in [1.29, 1.82) is 0 Å². The summed E-state index contributed by atoms with van der Waals surface area (Å²) in [6, 6.07) is 3.72. The molecule has 0 saturated carbocycles. The summed E-state index contributed by atoms with van der Waals surface area (Å²) in [5.41, 5.74) is 6.28. The highest BCUT2D eigenvalue weighted by Gasteiger charge is 2.27. The van der Waals surface area contributed by atoms with E-state index in [1.807, 2.05) is 23.7 Å². The molecule has 25 heavy (non-hydrogen) atoms. The molecule has 2 aromatic rings. The van der Waals surface area contributed by atoms with E-state index in [9.17, 15) is 9.59 Å². The van der Waals surface area contributed by atoms with Crippen LogP contribution in [0.3, 0.4) is 0 Å². The van der Waals surface area contributed by atoms with Gasteiger partial charge < -0.3 is 15.2 Å². The van der Waals surface area contributed by atoms with Gasteiger partial charge in [0.1, 0.15) is 0 Å². The third kappa shape index (κ3) is 3.98. The Morgan fingerprint density at radius 1 is 1.32 bits per heavy atom. The second kappa shape index (κ2) is 7.64. The minimum Gasteiger partial charge on any atom is -0.369 e. The number of amides is 2. The van der Waals surface area contributed by atoms with E-state index in [1.165, 1.54) is 11.8 Å². The molecule has 0 unspecified atom stereocenters. The zero-order chi connectivity index (χ0) is 17.8. The maximum Gasteiger partial charge on any atom is 0.233 e. The first kappa shape index (κ1) is 17.4. The molecule has 1 fully saturated rings. The average Bonchev–Trinajstić information content (AvgIpc) is 3.01. The molecule has 1 saturated heterocycles. The molecule has 9 heteroatoms. The van der Waals surface area contributed by atoms with Gasteiger partial charge in [0.05, 0.1) is 11.7 Å². The number of hydrogen-bond acceptors (Lipinski definition) is 6. The van der Waals surface area contributed by atoms with Crippen LogP contribution in [-0.4, -0.2) is 55.3 Å². The highest BCUT2D eigenvalue weighted by Crippen LogP contribution is 2.23. The number of nitrogens with zero attached hydrogens (tertiary/aromatic N) is 5. The van der Waals surface area contributed by atoms with Gasteiger partial charge in [-0.3, -0.25) is 14.6 Å². The minimum atomic E-state index is -0.333. The van der Waals surface area contributed by atoms with E-state index in [0.29, 0.717) is 18.2 Å². The van der Waals surface area contributed by atoms with Gasteiger partial charge in [-0.2, -0.15) is 0 Å². The van der Waals surface area contributed by atoms with Gasteiger partial charge in [0, 0.05) is 38.1 Å². The number of hydrogen-bond donors (Lipinski definition) is 1. The summed E-state index contributed by atoms with van der Waals surface area (Å²) in [7, 11) is 1.87. The Labute approximate surface area is 149 Å². The Morgan fingerprint density at radius 3 is 2.80 bits per heavy atom. The first-order valence-electron chi connectivity index (χ1n) is 8.06. The first-order valence-corrected chi connectivity index (χ1v) is 9.04. The Hall–Kier alpha value is -2.42. The van der Waals surface area contributed by atoms with Crippen molar-refractivity contribution in [3.05, 3.63) is 24.5 Å². The second-order valence-electron chi connectivity index (χ2n) is 5.97. The smallest absolute Gasteiger partial charge is 0.233 e. The molecule has 0 aliphatic carbocycles. The normalized spacial score (nSPS) is 17.5. The number of piperidine rings is 1. The predicted octanol–water partition coefficient (Wildman–Crippen LogP) is 0.693. The van der Waals surface area contributed by atoms with E-state index < -0.39 is 0 Å². The molecule has 2 aromatic heterocycles. The number of aromatic nitrogens is 4. The Morgan fingerprint density at radius 2 is 2.08 bits per heavy atom. The number of likely N-dealkylation sites (tertiary alicyclic amines) is 1. The Kier molecular flexibility index (Phi) is 5.32. The molecule has 1 atom stereocenters. The quantitative estimate of drug-likeness (QED) is 0.786. The lowest BCUT2D eigenvalue weighted by Crippen LogP contribution is -2.44. The number of pyridine rings is 1. The monoisotopic (exact) mass is 360 g/mol. The van der Waals surface area contributed by atoms with Crippen LogP contribution in [0.5, 0.6) is 0 Å².